The van der Waals surface area contributed by atoms with Gasteiger partial charge in [-0.25, -0.2) is 0 Å². The molecule has 0 saturated heterocycles. The number of carboxylic acids is 1. The molecule has 19 heavy (non-hydrogen) atoms. The van der Waals surface area contributed by atoms with Gasteiger partial charge in [0.15, 0.2) is 0 Å². The van der Waals surface area contributed by atoms with E-state index in [0.29, 0.717) is 0 Å². The highest BCUT2D eigenvalue weighted by atomic mass is 32.3. The van der Waals surface area contributed by atoms with Gasteiger partial charge in [0.05, 0.1) is 0 Å². The van der Waals surface area contributed by atoms with Gasteiger partial charge in [-0.15, -0.1) is 0 Å². The predicted molar refractivity (Wildman–Crippen MR) is 62.3 cm³/mol. The Morgan fingerprint density at radius 2 is 1.74 bits per heavy atom. The zero-order valence-corrected chi connectivity index (χ0v) is 10.2. The van der Waals surface area contributed by atoms with Gasteiger partial charge in [0.1, 0.15) is 12.3 Å². The Morgan fingerprint density at radius 3 is 2.16 bits per heavy atom. The number of carbonyl (C=O) groups is 2. The molecule has 5 N–H and O–H groups in total. The third-order valence-corrected chi connectivity index (χ3v) is 1.51. The van der Waals surface area contributed by atoms with Gasteiger partial charge in [0.25, 0.3) is 5.91 Å². The van der Waals surface area contributed by atoms with E-state index < -0.39 is 28.8 Å². The molecule has 0 aromatic heterocycles. The number of hydrogen-bond donors (Lipinski definition) is 5. The first-order valence-electron chi connectivity index (χ1n) is 4.58. The highest BCUT2D eigenvalue weighted by molar-refractivity contribution is 7.79. The van der Waals surface area contributed by atoms with Gasteiger partial charge < -0.3 is 15.5 Å². The Bertz CT molecular complexity index is 545. The van der Waals surface area contributed by atoms with Gasteiger partial charge in [-0.1, -0.05) is 6.07 Å². The number of aromatic hydroxyl groups is 1. The summed E-state index contributed by atoms with van der Waals surface area (Å²) in [5.74, 6) is -1.67. The third-order valence-electron chi connectivity index (χ3n) is 1.51. The van der Waals surface area contributed by atoms with Crippen LogP contribution in [0.25, 0.3) is 0 Å². The minimum absolute atomic E-state index is 0.0343. The quantitative estimate of drug-likeness (QED) is 0.468. The standard InChI is InChI=1S/C9H9NO4.H2O4S/c11-7-3-1-2-6(4-7)9(14)10-5-8(12)13;1-5(2,3)4/h1-4,11H,5H2,(H,10,14)(H,12,13);(H2,1,2,3,4). The minimum atomic E-state index is -4.67. The van der Waals surface area contributed by atoms with Crippen LogP contribution in [0.3, 0.4) is 0 Å². The molecule has 10 heteroatoms. The van der Waals surface area contributed by atoms with Gasteiger partial charge in [0, 0.05) is 5.56 Å². The molecular formula is C9H11NO8S. The van der Waals surface area contributed by atoms with Gasteiger partial charge in [0.2, 0.25) is 0 Å². The summed E-state index contributed by atoms with van der Waals surface area (Å²) in [7, 11) is -4.67. The van der Waals surface area contributed by atoms with Crippen LogP contribution in [0.4, 0.5) is 0 Å². The molecule has 1 rings (SSSR count). The summed E-state index contributed by atoms with van der Waals surface area (Å²) in [6.07, 6.45) is 0. The fraction of sp³-hybridized carbons (Fsp3) is 0.111. The van der Waals surface area contributed by atoms with Crippen molar-refractivity contribution in [2.24, 2.45) is 0 Å². The van der Waals surface area contributed by atoms with Crippen LogP contribution in [0, 0.1) is 0 Å². The van der Waals surface area contributed by atoms with E-state index in [9.17, 15) is 9.59 Å². The Labute approximate surface area is 108 Å². The average molecular weight is 293 g/mol. The average Bonchev–Trinajstić information content (AvgIpc) is 2.23. The summed E-state index contributed by atoms with van der Waals surface area (Å²) in [5, 5.41) is 19.5. The van der Waals surface area contributed by atoms with Crippen molar-refractivity contribution in [1.82, 2.24) is 5.32 Å². The maximum Gasteiger partial charge on any atom is 0.394 e. The van der Waals surface area contributed by atoms with E-state index in [1.807, 2.05) is 0 Å². The summed E-state index contributed by atoms with van der Waals surface area (Å²) in [5.41, 5.74) is 0.228. The van der Waals surface area contributed by atoms with E-state index in [2.05, 4.69) is 5.32 Å². The fourth-order valence-corrected chi connectivity index (χ4v) is 0.905. The normalized spacial score (nSPS) is 10.0. The smallest absolute Gasteiger partial charge is 0.394 e. The molecule has 0 spiro atoms. The predicted octanol–water partition coefficient (Wildman–Crippen LogP) is -0.446. The van der Waals surface area contributed by atoms with E-state index >= 15 is 0 Å². The van der Waals surface area contributed by atoms with Crippen LogP contribution in [0.15, 0.2) is 24.3 Å². The molecule has 0 radical (unpaired) electrons. The fourth-order valence-electron chi connectivity index (χ4n) is 0.905. The highest BCUT2D eigenvalue weighted by Crippen LogP contribution is 2.10. The molecule has 1 amide bonds. The maximum absolute atomic E-state index is 11.2. The van der Waals surface area contributed by atoms with Crippen molar-refractivity contribution < 1.29 is 37.3 Å². The van der Waals surface area contributed by atoms with Gasteiger partial charge in [-0.2, -0.15) is 8.42 Å². The van der Waals surface area contributed by atoms with E-state index in [4.69, 9.17) is 27.7 Å². The molecule has 0 heterocycles. The van der Waals surface area contributed by atoms with Crippen LogP contribution in [-0.2, 0) is 15.2 Å². The molecule has 1 aromatic rings. The zero-order valence-electron chi connectivity index (χ0n) is 9.35. The topological polar surface area (TPSA) is 161 Å². The van der Waals surface area contributed by atoms with Crippen LogP contribution < -0.4 is 5.32 Å². The molecule has 9 nitrogen and oxygen atoms in total. The molecule has 0 aliphatic heterocycles. The second-order valence-corrected chi connectivity index (χ2v) is 3.97. The lowest BCUT2D eigenvalue weighted by Crippen LogP contribution is -2.29. The lowest BCUT2D eigenvalue weighted by Gasteiger charge is -2.01. The third kappa shape index (κ3) is 10.7. The monoisotopic (exact) mass is 293 g/mol. The molecule has 0 unspecified atom stereocenters. The van der Waals surface area contributed by atoms with Crippen LogP contribution >= 0.6 is 0 Å². The van der Waals surface area contributed by atoms with Crippen molar-refractivity contribution >= 4 is 22.3 Å². The van der Waals surface area contributed by atoms with Gasteiger partial charge in [-0.05, 0) is 18.2 Å². The molecule has 1 aromatic carbocycles. The summed E-state index contributed by atoms with van der Waals surface area (Å²) >= 11 is 0. The summed E-state index contributed by atoms with van der Waals surface area (Å²) in [4.78, 5) is 21.4. The van der Waals surface area contributed by atoms with Crippen LogP contribution in [-0.4, -0.2) is 46.2 Å². The number of carbonyl (C=O) groups excluding carboxylic acids is 1. The SMILES string of the molecule is O=C(O)CNC(=O)c1cccc(O)c1.O=S(=O)(O)O. The number of carboxylic acid groups (broad SMARTS) is 1. The van der Waals surface area contributed by atoms with Crippen LogP contribution in [0.2, 0.25) is 0 Å². The van der Waals surface area contributed by atoms with Crippen molar-refractivity contribution in [1.29, 1.82) is 0 Å². The second kappa shape index (κ2) is 7.31. The van der Waals surface area contributed by atoms with E-state index in [1.54, 1.807) is 0 Å². The number of nitrogens with one attached hydrogen (secondary N) is 1. The van der Waals surface area contributed by atoms with Gasteiger partial charge in [-0.3, -0.25) is 18.7 Å². The molecule has 0 fully saturated rings. The Kier molecular flexibility index (Phi) is 6.47. The lowest BCUT2D eigenvalue weighted by molar-refractivity contribution is -0.135. The molecule has 0 bridgehead atoms. The van der Waals surface area contributed by atoms with Crippen molar-refractivity contribution in [3.63, 3.8) is 0 Å². The number of phenolic OH excluding ortho intramolecular Hbond substituents is 1. The molecule has 0 aliphatic rings. The molecule has 106 valence electrons. The van der Waals surface area contributed by atoms with Crippen molar-refractivity contribution in [3.05, 3.63) is 29.8 Å². The number of aliphatic carboxylic acids is 1. The number of phenols is 1. The zero-order chi connectivity index (χ0) is 15.1. The van der Waals surface area contributed by atoms with Gasteiger partial charge >= 0.3 is 16.4 Å². The van der Waals surface area contributed by atoms with E-state index in [-0.39, 0.29) is 11.3 Å². The lowest BCUT2D eigenvalue weighted by atomic mass is 10.2. The summed E-state index contributed by atoms with van der Waals surface area (Å²) in [6.45, 7) is -0.436. The maximum atomic E-state index is 11.2. The van der Waals surface area contributed by atoms with E-state index in [1.165, 1.54) is 24.3 Å². The van der Waals surface area contributed by atoms with Crippen LogP contribution in [0.1, 0.15) is 10.4 Å². The Balaban J connectivity index is 0.000000555. The Hall–Kier alpha value is -2.17. The first-order valence-corrected chi connectivity index (χ1v) is 5.98. The van der Waals surface area contributed by atoms with E-state index in [0.717, 1.165) is 0 Å². The van der Waals surface area contributed by atoms with Crippen molar-refractivity contribution in [2.75, 3.05) is 6.54 Å². The second-order valence-electron chi connectivity index (χ2n) is 3.07. The first kappa shape index (κ1) is 16.8. The highest BCUT2D eigenvalue weighted by Gasteiger charge is 2.06. The molecule has 0 saturated carbocycles. The molecular weight excluding hydrogens is 282 g/mol. The van der Waals surface area contributed by atoms with Crippen molar-refractivity contribution in [2.45, 2.75) is 0 Å². The summed E-state index contributed by atoms with van der Waals surface area (Å²) < 4.78 is 31.6. The first-order chi connectivity index (χ1) is 8.59. The summed E-state index contributed by atoms with van der Waals surface area (Å²) in [6, 6.07) is 5.67. The molecule has 0 atom stereocenters. The number of amides is 1. The van der Waals surface area contributed by atoms with Crippen molar-refractivity contribution in [3.8, 4) is 5.75 Å². The molecule has 0 aliphatic carbocycles. The van der Waals surface area contributed by atoms with Crippen LogP contribution in [0.5, 0.6) is 5.75 Å². The Morgan fingerprint density at radius 1 is 1.21 bits per heavy atom. The minimum Gasteiger partial charge on any atom is -0.508 e. The largest absolute Gasteiger partial charge is 0.508 e. The number of hydrogen-bond acceptors (Lipinski definition) is 5. The number of benzene rings is 1. The number of rotatable bonds is 3.